The van der Waals surface area contributed by atoms with Crippen molar-refractivity contribution in [3.05, 3.63) is 0 Å². The minimum absolute atomic E-state index is 0.193. The van der Waals surface area contributed by atoms with E-state index in [1.165, 1.54) is 6.42 Å². The molecule has 2 saturated heterocycles. The topological polar surface area (TPSA) is 45.2 Å². The summed E-state index contributed by atoms with van der Waals surface area (Å²) in [5, 5.41) is 10.4. The number of ether oxygens (including phenoxy) is 2. The lowest BCUT2D eigenvalue weighted by Gasteiger charge is -2.43. The highest BCUT2D eigenvalue weighted by Gasteiger charge is 2.46. The highest BCUT2D eigenvalue weighted by Crippen LogP contribution is 2.38. The van der Waals surface area contributed by atoms with E-state index in [2.05, 4.69) is 16.8 Å². The monoisotopic (exact) mass is 270 g/mol. The van der Waals surface area contributed by atoms with Gasteiger partial charge in [0, 0.05) is 32.0 Å². The van der Waals surface area contributed by atoms with Crippen molar-refractivity contribution < 1.29 is 14.6 Å². The van der Waals surface area contributed by atoms with E-state index in [9.17, 15) is 5.11 Å². The lowest BCUT2D eigenvalue weighted by molar-refractivity contribution is -0.205. The van der Waals surface area contributed by atoms with Crippen molar-refractivity contribution in [3.63, 3.8) is 0 Å². The molecule has 1 saturated carbocycles. The first-order valence-corrected chi connectivity index (χ1v) is 7.57. The summed E-state index contributed by atoms with van der Waals surface area (Å²) in [6.07, 6.45) is 3.38. The van der Waals surface area contributed by atoms with Gasteiger partial charge in [-0.05, 0) is 33.0 Å². The Kier molecular flexibility index (Phi) is 4.10. The maximum Gasteiger partial charge on any atom is 0.170 e. The van der Waals surface area contributed by atoms with Crippen LogP contribution in [0, 0.1) is 0 Å². The Labute approximate surface area is 115 Å². The maximum absolute atomic E-state index is 10.4. The molecule has 1 aliphatic carbocycles. The van der Waals surface area contributed by atoms with Crippen LogP contribution in [0.15, 0.2) is 0 Å². The Morgan fingerprint density at radius 2 is 1.89 bits per heavy atom. The molecule has 0 aromatic heterocycles. The summed E-state index contributed by atoms with van der Waals surface area (Å²) in [6, 6.07) is 0.193. The highest BCUT2D eigenvalue weighted by atomic mass is 16.7. The van der Waals surface area contributed by atoms with Crippen molar-refractivity contribution in [1.82, 2.24) is 9.80 Å². The lowest BCUT2D eigenvalue weighted by atomic mass is 9.86. The minimum atomic E-state index is -0.401. The molecule has 19 heavy (non-hydrogen) atoms. The third-order valence-electron chi connectivity index (χ3n) is 4.82. The van der Waals surface area contributed by atoms with Crippen LogP contribution in [0.2, 0.25) is 0 Å². The van der Waals surface area contributed by atoms with Gasteiger partial charge in [-0.1, -0.05) is 0 Å². The summed E-state index contributed by atoms with van der Waals surface area (Å²) in [6.45, 7) is 5.74. The molecule has 3 rings (SSSR count). The number of aliphatic hydroxyl groups excluding tert-OH is 1. The van der Waals surface area contributed by atoms with E-state index in [0.717, 1.165) is 45.4 Å². The minimum Gasteiger partial charge on any atom is -0.391 e. The van der Waals surface area contributed by atoms with E-state index in [1.54, 1.807) is 0 Å². The normalized spacial score (nSPS) is 37.6. The second-order valence-corrected chi connectivity index (χ2v) is 6.18. The second-order valence-electron chi connectivity index (χ2n) is 6.18. The molecule has 3 aliphatic rings. The number of hydrogen-bond donors (Lipinski definition) is 1. The van der Waals surface area contributed by atoms with Crippen LogP contribution >= 0.6 is 0 Å². The van der Waals surface area contributed by atoms with E-state index in [0.29, 0.717) is 13.2 Å². The summed E-state index contributed by atoms with van der Waals surface area (Å²) in [4.78, 5) is 4.81. The van der Waals surface area contributed by atoms with Crippen LogP contribution in [0.4, 0.5) is 0 Å². The molecule has 2 atom stereocenters. The Bertz CT molecular complexity index is 307. The van der Waals surface area contributed by atoms with Crippen molar-refractivity contribution >= 4 is 0 Å². The van der Waals surface area contributed by atoms with Gasteiger partial charge in [0.05, 0.1) is 19.3 Å². The fraction of sp³-hybridized carbons (Fsp3) is 1.00. The molecule has 0 radical (unpaired) electrons. The zero-order valence-electron chi connectivity index (χ0n) is 11.9. The van der Waals surface area contributed by atoms with Gasteiger partial charge in [0.1, 0.15) is 0 Å². The summed E-state index contributed by atoms with van der Waals surface area (Å²) in [5.41, 5.74) is 0. The van der Waals surface area contributed by atoms with Gasteiger partial charge in [-0.15, -0.1) is 0 Å². The van der Waals surface area contributed by atoms with Crippen LogP contribution in [0.5, 0.6) is 0 Å². The Balaban J connectivity index is 1.67. The van der Waals surface area contributed by atoms with Gasteiger partial charge in [0.15, 0.2) is 5.79 Å². The van der Waals surface area contributed by atoms with Crippen LogP contribution in [-0.2, 0) is 9.47 Å². The number of aliphatic hydroxyl groups is 1. The Morgan fingerprint density at radius 3 is 2.68 bits per heavy atom. The Morgan fingerprint density at radius 1 is 1.11 bits per heavy atom. The molecule has 2 unspecified atom stereocenters. The third-order valence-corrected chi connectivity index (χ3v) is 4.82. The average Bonchev–Trinajstić information content (AvgIpc) is 2.74. The maximum atomic E-state index is 10.4. The zero-order chi connectivity index (χ0) is 13.3. The van der Waals surface area contributed by atoms with Crippen molar-refractivity contribution in [2.75, 3.05) is 46.4 Å². The first-order chi connectivity index (χ1) is 9.19. The standard InChI is InChI=1S/C14H26N2O3/c1-15-5-2-6-16(8-7-15)12-11-14(4-3-13(12)17)18-9-10-19-14/h12-13,17H,2-11H2,1H3. The molecular weight excluding hydrogens is 244 g/mol. The predicted octanol–water partition coefficient (Wildman–Crippen LogP) is 0.280. The largest absolute Gasteiger partial charge is 0.391 e. The molecule has 0 amide bonds. The van der Waals surface area contributed by atoms with Crippen molar-refractivity contribution in [1.29, 1.82) is 0 Å². The SMILES string of the molecule is CN1CCCN(C2CC3(CCC2O)OCCO3)CC1. The smallest absolute Gasteiger partial charge is 0.170 e. The van der Waals surface area contributed by atoms with Gasteiger partial charge < -0.3 is 19.5 Å². The van der Waals surface area contributed by atoms with Crippen LogP contribution in [-0.4, -0.2) is 79.3 Å². The highest BCUT2D eigenvalue weighted by molar-refractivity contribution is 4.93. The molecule has 0 aromatic rings. The first-order valence-electron chi connectivity index (χ1n) is 7.57. The van der Waals surface area contributed by atoms with Gasteiger partial charge in [-0.3, -0.25) is 4.90 Å². The van der Waals surface area contributed by atoms with E-state index in [1.807, 2.05) is 0 Å². The van der Waals surface area contributed by atoms with Crippen LogP contribution in [0.3, 0.4) is 0 Å². The summed E-state index contributed by atoms with van der Waals surface area (Å²) in [7, 11) is 2.17. The molecule has 1 spiro atoms. The van der Waals surface area contributed by atoms with Crippen LogP contribution < -0.4 is 0 Å². The van der Waals surface area contributed by atoms with Crippen LogP contribution in [0.1, 0.15) is 25.7 Å². The Hall–Kier alpha value is -0.200. The molecule has 5 heteroatoms. The molecule has 3 fully saturated rings. The quantitative estimate of drug-likeness (QED) is 0.741. The second kappa shape index (κ2) is 5.66. The number of hydrogen-bond acceptors (Lipinski definition) is 5. The van der Waals surface area contributed by atoms with E-state index >= 15 is 0 Å². The first kappa shape index (κ1) is 13.8. The van der Waals surface area contributed by atoms with Gasteiger partial charge in [0.25, 0.3) is 0 Å². The molecule has 2 heterocycles. The lowest BCUT2D eigenvalue weighted by Crippen LogP contribution is -2.54. The van der Waals surface area contributed by atoms with Crippen molar-refractivity contribution in [3.8, 4) is 0 Å². The fourth-order valence-electron chi connectivity index (χ4n) is 3.65. The molecule has 110 valence electrons. The number of nitrogens with zero attached hydrogens (tertiary/aromatic N) is 2. The molecule has 2 aliphatic heterocycles. The van der Waals surface area contributed by atoms with Gasteiger partial charge in [0.2, 0.25) is 0 Å². The van der Waals surface area contributed by atoms with E-state index in [4.69, 9.17) is 9.47 Å². The van der Waals surface area contributed by atoms with Gasteiger partial charge >= 0.3 is 0 Å². The van der Waals surface area contributed by atoms with Crippen molar-refractivity contribution in [2.45, 2.75) is 43.6 Å². The average molecular weight is 270 g/mol. The summed E-state index contributed by atoms with van der Waals surface area (Å²) < 4.78 is 11.7. The third kappa shape index (κ3) is 2.95. The van der Waals surface area contributed by atoms with Crippen LogP contribution in [0.25, 0.3) is 0 Å². The molecule has 0 aromatic carbocycles. The number of rotatable bonds is 1. The summed E-state index contributed by atoms with van der Waals surface area (Å²) >= 11 is 0. The fourth-order valence-corrected chi connectivity index (χ4v) is 3.65. The molecule has 5 nitrogen and oxygen atoms in total. The van der Waals surface area contributed by atoms with Gasteiger partial charge in [-0.2, -0.15) is 0 Å². The summed E-state index contributed by atoms with van der Waals surface area (Å²) in [5.74, 6) is -0.401. The molecular formula is C14H26N2O3. The molecule has 1 N–H and O–H groups in total. The molecule has 0 bridgehead atoms. The predicted molar refractivity (Wildman–Crippen MR) is 72.0 cm³/mol. The van der Waals surface area contributed by atoms with Crippen molar-refractivity contribution in [2.24, 2.45) is 0 Å². The number of likely N-dealkylation sites (N-methyl/N-ethyl adjacent to an activating group) is 1. The zero-order valence-corrected chi connectivity index (χ0v) is 11.9. The van der Waals surface area contributed by atoms with Gasteiger partial charge in [-0.25, -0.2) is 0 Å². The van der Waals surface area contributed by atoms with E-state index < -0.39 is 5.79 Å². The van der Waals surface area contributed by atoms with E-state index in [-0.39, 0.29) is 12.1 Å².